The molecule has 0 saturated carbocycles. The van der Waals surface area contributed by atoms with Crippen molar-refractivity contribution in [2.45, 2.75) is 33.1 Å². The minimum absolute atomic E-state index is 0.0140. The zero-order chi connectivity index (χ0) is 23.3. The van der Waals surface area contributed by atoms with Crippen molar-refractivity contribution in [1.82, 2.24) is 5.43 Å². The van der Waals surface area contributed by atoms with Crippen LogP contribution in [0.5, 0.6) is 5.75 Å². The van der Waals surface area contributed by atoms with Gasteiger partial charge < -0.3 is 4.74 Å². The number of carbonyl (C=O) groups is 2. The normalized spacial score (nSPS) is 11.4. The molecule has 0 aliphatic heterocycles. The summed E-state index contributed by atoms with van der Waals surface area (Å²) in [6, 6.07) is 19.8. The fourth-order valence-electron chi connectivity index (χ4n) is 2.99. The lowest BCUT2D eigenvalue weighted by atomic mass is 9.87. The van der Waals surface area contributed by atoms with Crippen LogP contribution in [0.4, 0.5) is 0 Å². The van der Waals surface area contributed by atoms with Gasteiger partial charge >= 0.3 is 5.97 Å². The Kier molecular flexibility index (Phi) is 7.26. The summed E-state index contributed by atoms with van der Waals surface area (Å²) in [6.07, 6.45) is 1.45. The first-order chi connectivity index (χ1) is 15.1. The Bertz CT molecular complexity index is 1160. The van der Waals surface area contributed by atoms with Gasteiger partial charge in [-0.05, 0) is 60.4 Å². The molecule has 3 aromatic carbocycles. The highest BCUT2D eigenvalue weighted by atomic mass is 79.9. The number of carbonyl (C=O) groups excluding carboxylic acids is 2. The van der Waals surface area contributed by atoms with E-state index >= 15 is 0 Å². The Morgan fingerprint density at radius 3 is 2.34 bits per heavy atom. The zero-order valence-corrected chi connectivity index (χ0v) is 20.1. The molecule has 5 nitrogen and oxygen atoms in total. The summed E-state index contributed by atoms with van der Waals surface area (Å²) in [5.41, 5.74) is 6.16. The highest BCUT2D eigenvalue weighted by Crippen LogP contribution is 2.24. The van der Waals surface area contributed by atoms with Crippen molar-refractivity contribution < 1.29 is 14.3 Å². The summed E-state index contributed by atoms with van der Waals surface area (Å²) < 4.78 is 6.36. The van der Waals surface area contributed by atoms with Gasteiger partial charge in [0.25, 0.3) is 5.91 Å². The lowest BCUT2D eigenvalue weighted by molar-refractivity contribution is 0.0734. The maximum absolute atomic E-state index is 12.5. The van der Waals surface area contributed by atoms with Crippen molar-refractivity contribution in [3.63, 3.8) is 0 Å². The summed E-state index contributed by atoms with van der Waals surface area (Å²) in [6.45, 7) is 8.27. The van der Waals surface area contributed by atoms with E-state index in [-0.39, 0.29) is 11.3 Å². The second-order valence-corrected chi connectivity index (χ2v) is 9.38. The van der Waals surface area contributed by atoms with E-state index in [1.807, 2.05) is 25.1 Å². The average molecular weight is 493 g/mol. The van der Waals surface area contributed by atoms with Crippen LogP contribution in [0.1, 0.15) is 58.2 Å². The molecule has 1 N–H and O–H groups in total. The number of aryl methyl sites for hydroxylation is 1. The Hall–Kier alpha value is -3.25. The summed E-state index contributed by atoms with van der Waals surface area (Å²) in [4.78, 5) is 24.9. The Morgan fingerprint density at radius 2 is 1.69 bits per heavy atom. The quantitative estimate of drug-likeness (QED) is 0.204. The highest BCUT2D eigenvalue weighted by molar-refractivity contribution is 9.10. The van der Waals surface area contributed by atoms with E-state index in [4.69, 9.17) is 4.74 Å². The average Bonchev–Trinajstić information content (AvgIpc) is 2.75. The molecule has 3 aromatic rings. The van der Waals surface area contributed by atoms with Gasteiger partial charge in [0.1, 0.15) is 5.75 Å². The molecular weight excluding hydrogens is 468 g/mol. The van der Waals surface area contributed by atoms with Crippen LogP contribution < -0.4 is 10.2 Å². The van der Waals surface area contributed by atoms with Crippen molar-refractivity contribution >= 4 is 34.0 Å². The topological polar surface area (TPSA) is 67.8 Å². The van der Waals surface area contributed by atoms with Crippen LogP contribution in [0.2, 0.25) is 0 Å². The number of amides is 1. The van der Waals surface area contributed by atoms with Gasteiger partial charge in [0.15, 0.2) is 0 Å². The standard InChI is InChI=1S/C26H25BrN2O3/c1-17-6-5-7-19(14-17)25(31)32-23-13-12-22(27)15-20(23)16-28-29-24(30)18-8-10-21(11-9-18)26(2,3)4/h5-16H,1-4H3,(H,29,30)/b28-16+. The molecule has 3 rings (SSSR count). The van der Waals surface area contributed by atoms with Crippen molar-refractivity contribution in [2.24, 2.45) is 5.10 Å². The number of hydrogen-bond donors (Lipinski definition) is 1. The van der Waals surface area contributed by atoms with Crippen LogP contribution in [0.15, 0.2) is 76.3 Å². The van der Waals surface area contributed by atoms with Gasteiger partial charge in [-0.3, -0.25) is 4.79 Å². The van der Waals surface area contributed by atoms with E-state index in [0.29, 0.717) is 22.4 Å². The van der Waals surface area contributed by atoms with Crippen LogP contribution in [-0.2, 0) is 5.41 Å². The predicted molar refractivity (Wildman–Crippen MR) is 130 cm³/mol. The van der Waals surface area contributed by atoms with E-state index in [1.165, 1.54) is 6.21 Å². The van der Waals surface area contributed by atoms with Gasteiger partial charge in [0, 0.05) is 15.6 Å². The first-order valence-corrected chi connectivity index (χ1v) is 10.9. The molecule has 0 heterocycles. The monoisotopic (exact) mass is 492 g/mol. The number of esters is 1. The Morgan fingerprint density at radius 1 is 0.969 bits per heavy atom. The van der Waals surface area contributed by atoms with E-state index in [1.54, 1.807) is 48.5 Å². The molecule has 0 saturated heterocycles. The molecule has 164 valence electrons. The molecular formula is C26H25BrN2O3. The SMILES string of the molecule is Cc1cccc(C(=O)Oc2ccc(Br)cc2/C=N/NC(=O)c2ccc(C(C)(C)C)cc2)c1. The van der Waals surface area contributed by atoms with Gasteiger partial charge in [-0.1, -0.05) is 66.5 Å². The number of nitrogens with zero attached hydrogens (tertiary/aromatic N) is 1. The fraction of sp³-hybridized carbons (Fsp3) is 0.192. The maximum Gasteiger partial charge on any atom is 0.343 e. The van der Waals surface area contributed by atoms with Crippen molar-refractivity contribution in [3.05, 3.63) is 99.0 Å². The Labute approximate surface area is 196 Å². The maximum atomic E-state index is 12.5. The van der Waals surface area contributed by atoms with Crippen LogP contribution in [-0.4, -0.2) is 18.1 Å². The van der Waals surface area contributed by atoms with Crippen LogP contribution in [0, 0.1) is 6.92 Å². The van der Waals surface area contributed by atoms with E-state index in [2.05, 4.69) is 47.2 Å². The number of nitrogens with one attached hydrogen (secondary N) is 1. The van der Waals surface area contributed by atoms with E-state index < -0.39 is 5.97 Å². The third kappa shape index (κ3) is 6.14. The van der Waals surface area contributed by atoms with Gasteiger partial charge in [-0.15, -0.1) is 0 Å². The summed E-state index contributed by atoms with van der Waals surface area (Å²) >= 11 is 3.41. The first kappa shape index (κ1) is 23.4. The van der Waals surface area contributed by atoms with E-state index in [0.717, 1.165) is 15.6 Å². The Balaban J connectivity index is 1.72. The number of halogens is 1. The molecule has 0 unspecified atom stereocenters. The first-order valence-electron chi connectivity index (χ1n) is 10.2. The van der Waals surface area contributed by atoms with Crippen LogP contribution in [0.3, 0.4) is 0 Å². The predicted octanol–water partition coefficient (Wildman–Crippen LogP) is 6.04. The molecule has 0 aliphatic rings. The summed E-state index contributed by atoms with van der Waals surface area (Å²) in [5.74, 6) is -0.448. The van der Waals surface area contributed by atoms with Gasteiger partial charge in [-0.25, -0.2) is 10.2 Å². The highest BCUT2D eigenvalue weighted by Gasteiger charge is 2.14. The fourth-order valence-corrected chi connectivity index (χ4v) is 3.37. The third-order valence-corrected chi connectivity index (χ3v) is 5.30. The molecule has 0 aromatic heterocycles. The molecule has 0 aliphatic carbocycles. The molecule has 0 atom stereocenters. The number of ether oxygens (including phenoxy) is 1. The van der Waals surface area contributed by atoms with Gasteiger partial charge in [0.2, 0.25) is 0 Å². The minimum Gasteiger partial charge on any atom is -0.422 e. The summed E-state index contributed by atoms with van der Waals surface area (Å²) in [5, 5.41) is 4.05. The molecule has 0 radical (unpaired) electrons. The van der Waals surface area contributed by atoms with Crippen LogP contribution in [0.25, 0.3) is 0 Å². The molecule has 0 spiro atoms. The van der Waals surface area contributed by atoms with Crippen molar-refractivity contribution in [1.29, 1.82) is 0 Å². The number of hydrazone groups is 1. The smallest absolute Gasteiger partial charge is 0.343 e. The molecule has 1 amide bonds. The zero-order valence-electron chi connectivity index (χ0n) is 18.5. The lowest BCUT2D eigenvalue weighted by Gasteiger charge is -2.18. The minimum atomic E-state index is -0.464. The molecule has 32 heavy (non-hydrogen) atoms. The second kappa shape index (κ2) is 9.92. The summed E-state index contributed by atoms with van der Waals surface area (Å²) in [7, 11) is 0. The van der Waals surface area contributed by atoms with Gasteiger partial charge in [-0.2, -0.15) is 5.10 Å². The molecule has 6 heteroatoms. The van der Waals surface area contributed by atoms with Crippen molar-refractivity contribution in [3.8, 4) is 5.75 Å². The largest absolute Gasteiger partial charge is 0.422 e. The van der Waals surface area contributed by atoms with Crippen LogP contribution >= 0.6 is 15.9 Å². The lowest BCUT2D eigenvalue weighted by Crippen LogP contribution is -2.18. The van der Waals surface area contributed by atoms with Gasteiger partial charge in [0.05, 0.1) is 11.8 Å². The second-order valence-electron chi connectivity index (χ2n) is 8.47. The molecule has 0 bridgehead atoms. The number of benzene rings is 3. The number of rotatable bonds is 5. The number of hydrogen-bond acceptors (Lipinski definition) is 4. The van der Waals surface area contributed by atoms with Crippen molar-refractivity contribution in [2.75, 3.05) is 0 Å². The third-order valence-electron chi connectivity index (χ3n) is 4.81. The molecule has 0 fully saturated rings. The van der Waals surface area contributed by atoms with E-state index in [9.17, 15) is 9.59 Å².